The predicted octanol–water partition coefficient (Wildman–Crippen LogP) is 2.53. The summed E-state index contributed by atoms with van der Waals surface area (Å²) < 4.78 is 27.6. The van der Waals surface area contributed by atoms with E-state index in [2.05, 4.69) is 13.8 Å². The molecule has 0 aliphatic carbocycles. The summed E-state index contributed by atoms with van der Waals surface area (Å²) in [7, 11) is -3.56. The smallest absolute Gasteiger partial charge is 0.321 e. The third-order valence-corrected chi connectivity index (χ3v) is 8.25. The van der Waals surface area contributed by atoms with E-state index in [9.17, 15) is 18.0 Å². The van der Waals surface area contributed by atoms with Crippen LogP contribution in [0, 0.1) is 0 Å². The van der Waals surface area contributed by atoms with Crippen molar-refractivity contribution in [2.24, 2.45) is 0 Å². The van der Waals surface area contributed by atoms with Crippen LogP contribution in [-0.4, -0.2) is 84.8 Å². The van der Waals surface area contributed by atoms with Crippen LogP contribution >= 0.6 is 0 Å². The lowest BCUT2D eigenvalue weighted by Gasteiger charge is -2.40. The van der Waals surface area contributed by atoms with Crippen molar-refractivity contribution in [1.29, 1.82) is 0 Å². The third kappa shape index (κ3) is 5.10. The first-order valence-corrected chi connectivity index (χ1v) is 12.5. The van der Waals surface area contributed by atoms with Crippen LogP contribution in [0.3, 0.4) is 0 Å². The molecule has 0 aromatic heterocycles. The van der Waals surface area contributed by atoms with E-state index in [1.54, 1.807) is 17.0 Å². The van der Waals surface area contributed by atoms with Gasteiger partial charge in [-0.1, -0.05) is 26.0 Å². The Morgan fingerprint density at radius 2 is 1.55 bits per heavy atom. The van der Waals surface area contributed by atoms with Crippen molar-refractivity contribution in [3.05, 3.63) is 29.8 Å². The Morgan fingerprint density at radius 1 is 0.935 bits per heavy atom. The van der Waals surface area contributed by atoms with Crippen molar-refractivity contribution in [3.8, 4) is 0 Å². The Hall–Kier alpha value is -1.97. The average molecular weight is 451 g/mol. The van der Waals surface area contributed by atoms with Crippen LogP contribution in [0.2, 0.25) is 0 Å². The molecule has 0 spiro atoms. The number of nitrogens with zero attached hydrogens (tertiary/aromatic N) is 4. The first-order chi connectivity index (χ1) is 14.6. The van der Waals surface area contributed by atoms with E-state index in [0.29, 0.717) is 50.0 Å². The van der Waals surface area contributed by atoms with Gasteiger partial charge in [-0.25, -0.2) is 13.2 Å². The van der Waals surface area contributed by atoms with Crippen LogP contribution in [0.25, 0.3) is 0 Å². The highest BCUT2D eigenvalue weighted by molar-refractivity contribution is 7.89. The summed E-state index contributed by atoms with van der Waals surface area (Å²) in [6.45, 7) is 10.4. The molecule has 0 N–H and O–H groups in total. The summed E-state index contributed by atoms with van der Waals surface area (Å²) in [6, 6.07) is 6.94. The van der Waals surface area contributed by atoms with Crippen molar-refractivity contribution >= 4 is 22.0 Å². The molecule has 2 aliphatic rings. The number of piperazine rings is 1. The Kier molecular flexibility index (Phi) is 7.39. The number of amides is 3. The Bertz CT molecular complexity index is 893. The second kappa shape index (κ2) is 9.67. The van der Waals surface area contributed by atoms with E-state index in [-0.39, 0.29) is 24.6 Å². The molecule has 9 heteroatoms. The monoisotopic (exact) mass is 450 g/mol. The fourth-order valence-electron chi connectivity index (χ4n) is 3.99. The molecule has 31 heavy (non-hydrogen) atoms. The summed E-state index contributed by atoms with van der Waals surface area (Å²) in [5.41, 5.74) is 1.14. The molecule has 2 heterocycles. The van der Waals surface area contributed by atoms with Gasteiger partial charge in [0.05, 0.1) is 11.6 Å². The van der Waals surface area contributed by atoms with E-state index in [1.807, 2.05) is 30.9 Å². The van der Waals surface area contributed by atoms with E-state index < -0.39 is 10.0 Å². The van der Waals surface area contributed by atoms with Gasteiger partial charge >= 0.3 is 6.03 Å². The number of hydrogen-bond donors (Lipinski definition) is 0. The molecule has 2 fully saturated rings. The van der Waals surface area contributed by atoms with Crippen LogP contribution in [0.15, 0.2) is 29.2 Å². The van der Waals surface area contributed by atoms with Crippen LogP contribution in [0.5, 0.6) is 0 Å². The molecule has 3 amide bonds. The minimum absolute atomic E-state index is 0.0387. The van der Waals surface area contributed by atoms with E-state index in [1.165, 1.54) is 9.21 Å². The van der Waals surface area contributed by atoms with Crippen LogP contribution < -0.4 is 0 Å². The van der Waals surface area contributed by atoms with E-state index >= 15 is 0 Å². The number of benzene rings is 1. The number of rotatable bonds is 7. The Morgan fingerprint density at radius 3 is 2.10 bits per heavy atom. The number of imide groups is 1. The van der Waals surface area contributed by atoms with Crippen LogP contribution in [0.4, 0.5) is 4.79 Å². The van der Waals surface area contributed by atoms with Crippen molar-refractivity contribution < 1.29 is 18.0 Å². The number of carbonyl (C=O) groups excluding carboxylic acids is 2. The van der Waals surface area contributed by atoms with Gasteiger partial charge in [-0.15, -0.1) is 0 Å². The maximum Gasteiger partial charge on any atom is 0.328 e. The molecule has 172 valence electrons. The first kappa shape index (κ1) is 23.7. The average Bonchev–Trinajstić information content (AvgIpc) is 2.76. The maximum atomic E-state index is 13.0. The lowest BCUT2D eigenvalue weighted by molar-refractivity contribution is -0.133. The summed E-state index contributed by atoms with van der Waals surface area (Å²) in [4.78, 5) is 30.2. The summed E-state index contributed by atoms with van der Waals surface area (Å²) >= 11 is 0. The zero-order chi connectivity index (χ0) is 22.8. The minimum Gasteiger partial charge on any atom is -0.321 e. The highest BCUT2D eigenvalue weighted by Crippen LogP contribution is 2.23. The molecule has 1 atom stereocenters. The van der Waals surface area contributed by atoms with Gasteiger partial charge in [0.15, 0.2) is 0 Å². The van der Waals surface area contributed by atoms with Gasteiger partial charge in [-0.05, 0) is 43.9 Å². The molecular weight excluding hydrogens is 416 g/mol. The number of hydrogen-bond acceptors (Lipinski definition) is 5. The summed E-state index contributed by atoms with van der Waals surface area (Å²) in [5, 5.41) is 0. The van der Waals surface area contributed by atoms with Crippen molar-refractivity contribution in [1.82, 2.24) is 19.0 Å². The number of sulfonamides is 1. The lowest BCUT2D eigenvalue weighted by atomic mass is 9.99. The largest absolute Gasteiger partial charge is 0.328 e. The molecule has 0 radical (unpaired) electrons. The molecule has 2 aliphatic heterocycles. The van der Waals surface area contributed by atoms with Gasteiger partial charge in [-0.2, -0.15) is 4.31 Å². The number of urea groups is 1. The summed E-state index contributed by atoms with van der Waals surface area (Å²) in [5.74, 6) is 0.227. The van der Waals surface area contributed by atoms with Crippen molar-refractivity contribution in [2.45, 2.75) is 57.4 Å². The first-order valence-electron chi connectivity index (χ1n) is 11.1. The SMILES string of the molecule is CC[C@@H](C)c1ccc(S(=O)(=O)N2CCN(CN3C(=O)CCN(C(C)C)C3=O)CC2)cc1. The van der Waals surface area contributed by atoms with Crippen LogP contribution in [-0.2, 0) is 14.8 Å². The molecule has 2 saturated heterocycles. The second-order valence-corrected chi connectivity index (χ2v) is 10.6. The van der Waals surface area contributed by atoms with E-state index in [4.69, 9.17) is 0 Å². The fraction of sp³-hybridized carbons (Fsp3) is 0.636. The molecule has 0 unspecified atom stereocenters. The molecular formula is C22H34N4O4S. The lowest BCUT2D eigenvalue weighted by Crippen LogP contribution is -2.59. The van der Waals surface area contributed by atoms with Crippen LogP contribution in [0.1, 0.15) is 52.0 Å². The van der Waals surface area contributed by atoms with Gasteiger partial charge in [0, 0.05) is 45.2 Å². The summed E-state index contributed by atoms with van der Waals surface area (Å²) in [6.07, 6.45) is 1.33. The number of carbonyl (C=O) groups is 2. The topological polar surface area (TPSA) is 81.2 Å². The molecule has 1 aromatic carbocycles. The minimum atomic E-state index is -3.56. The quantitative estimate of drug-likeness (QED) is 0.638. The standard InChI is InChI=1S/C22H34N4O4S/c1-5-18(4)19-6-8-20(9-7-19)31(29,30)24-14-12-23(13-15-24)16-26-21(27)10-11-25(17(2)3)22(26)28/h6-9,17-18H,5,10-16H2,1-4H3/t18-/m1/s1. The zero-order valence-corrected chi connectivity index (χ0v) is 19.8. The maximum absolute atomic E-state index is 13.0. The zero-order valence-electron chi connectivity index (χ0n) is 19.0. The highest BCUT2D eigenvalue weighted by atomic mass is 32.2. The fourth-order valence-corrected chi connectivity index (χ4v) is 5.41. The molecule has 3 rings (SSSR count). The predicted molar refractivity (Wildman–Crippen MR) is 119 cm³/mol. The molecule has 8 nitrogen and oxygen atoms in total. The Balaban J connectivity index is 1.61. The third-order valence-electron chi connectivity index (χ3n) is 6.34. The van der Waals surface area contributed by atoms with Gasteiger partial charge < -0.3 is 4.90 Å². The normalized spacial score (nSPS) is 20.5. The van der Waals surface area contributed by atoms with Gasteiger partial charge in [0.2, 0.25) is 15.9 Å². The van der Waals surface area contributed by atoms with Gasteiger partial charge in [0.25, 0.3) is 0 Å². The van der Waals surface area contributed by atoms with Crippen molar-refractivity contribution in [3.63, 3.8) is 0 Å². The molecule has 0 saturated carbocycles. The van der Waals surface area contributed by atoms with Gasteiger partial charge in [-0.3, -0.25) is 14.6 Å². The second-order valence-electron chi connectivity index (χ2n) is 8.68. The molecule has 0 bridgehead atoms. The van der Waals surface area contributed by atoms with Gasteiger partial charge in [0.1, 0.15) is 0 Å². The van der Waals surface area contributed by atoms with Crippen molar-refractivity contribution in [2.75, 3.05) is 39.4 Å². The highest BCUT2D eigenvalue weighted by Gasteiger charge is 2.36. The Labute approximate surface area is 185 Å². The molecule has 1 aromatic rings. The van der Waals surface area contributed by atoms with E-state index in [0.717, 1.165) is 12.0 Å².